The van der Waals surface area contributed by atoms with E-state index in [2.05, 4.69) is 27.6 Å². The largest absolute Gasteiger partial charge is 0.312 e. The van der Waals surface area contributed by atoms with Crippen LogP contribution in [0.2, 0.25) is 0 Å². The van der Waals surface area contributed by atoms with Gasteiger partial charge in [-0.3, -0.25) is 9.59 Å². The summed E-state index contributed by atoms with van der Waals surface area (Å²) in [6.45, 7) is 0.428. The molecule has 2 heterocycles. The van der Waals surface area contributed by atoms with Crippen molar-refractivity contribution in [3.05, 3.63) is 34.3 Å². The minimum Gasteiger partial charge on any atom is -0.312 e. The topological polar surface area (TPSA) is 75.2 Å². The van der Waals surface area contributed by atoms with Gasteiger partial charge in [-0.25, -0.2) is 0 Å². The predicted molar refractivity (Wildman–Crippen MR) is 99.4 cm³/mol. The molecule has 1 atom stereocenters. The molecule has 2 amide bonds. The summed E-state index contributed by atoms with van der Waals surface area (Å²) in [6, 6.07) is 6.25. The van der Waals surface area contributed by atoms with E-state index in [-0.39, 0.29) is 24.2 Å². The summed E-state index contributed by atoms with van der Waals surface area (Å²) in [5.74, 6) is 0.0603. The van der Waals surface area contributed by atoms with Gasteiger partial charge in [0.2, 0.25) is 16.9 Å². The molecule has 1 aromatic carbocycles. The Morgan fingerprint density at radius 3 is 2.88 bits per heavy atom. The van der Waals surface area contributed by atoms with Crippen LogP contribution in [0.5, 0.6) is 0 Å². The fourth-order valence-electron chi connectivity index (χ4n) is 3.85. The van der Waals surface area contributed by atoms with Crippen LogP contribution in [0.1, 0.15) is 47.7 Å². The number of hydrogen-bond donors (Lipinski definition) is 1. The van der Waals surface area contributed by atoms with Crippen molar-refractivity contribution in [2.45, 2.75) is 44.4 Å². The second kappa shape index (κ2) is 6.16. The van der Waals surface area contributed by atoms with Gasteiger partial charge in [-0.05, 0) is 55.4 Å². The number of amides is 2. The van der Waals surface area contributed by atoms with Gasteiger partial charge in [-0.15, -0.1) is 10.2 Å². The summed E-state index contributed by atoms with van der Waals surface area (Å²) in [6.07, 6.45) is 5.96. The summed E-state index contributed by atoms with van der Waals surface area (Å²) in [4.78, 5) is 26.8. The lowest BCUT2D eigenvalue weighted by atomic mass is 10.1. The Balaban J connectivity index is 1.27. The lowest BCUT2D eigenvalue weighted by Crippen LogP contribution is -2.28. The monoisotopic (exact) mass is 368 g/mol. The summed E-state index contributed by atoms with van der Waals surface area (Å²) in [7, 11) is 0. The van der Waals surface area contributed by atoms with Gasteiger partial charge in [0.05, 0.1) is 5.92 Å². The molecule has 6 nitrogen and oxygen atoms in total. The van der Waals surface area contributed by atoms with Crippen molar-refractivity contribution in [3.8, 4) is 0 Å². The number of nitrogens with one attached hydrogen (secondary N) is 1. The zero-order valence-electron chi connectivity index (χ0n) is 14.4. The first-order valence-corrected chi connectivity index (χ1v) is 10.1. The third kappa shape index (κ3) is 2.90. The second-order valence-electron chi connectivity index (χ2n) is 7.42. The van der Waals surface area contributed by atoms with Gasteiger partial charge in [-0.2, -0.15) is 0 Å². The van der Waals surface area contributed by atoms with Crippen LogP contribution in [0.25, 0.3) is 0 Å². The van der Waals surface area contributed by atoms with Gasteiger partial charge in [0.15, 0.2) is 0 Å². The highest BCUT2D eigenvalue weighted by Gasteiger charge is 2.36. The van der Waals surface area contributed by atoms with Crippen LogP contribution in [0, 0.1) is 5.92 Å². The minimum atomic E-state index is -0.343. The number of carbonyl (C=O) groups is 2. The molecule has 1 saturated carbocycles. The first-order chi connectivity index (χ1) is 12.7. The summed E-state index contributed by atoms with van der Waals surface area (Å²) < 4.78 is 0. The number of rotatable bonds is 4. The van der Waals surface area contributed by atoms with Crippen LogP contribution in [-0.2, 0) is 22.4 Å². The average molecular weight is 368 g/mol. The molecular formula is C19H20N4O2S. The highest BCUT2D eigenvalue weighted by Crippen LogP contribution is 2.42. The molecule has 7 heteroatoms. The number of fused-ring (bicyclic) bond motifs is 1. The summed E-state index contributed by atoms with van der Waals surface area (Å²) in [5, 5.41) is 12.6. The normalized spacial score (nSPS) is 21.9. The maximum atomic E-state index is 12.6. The van der Waals surface area contributed by atoms with Crippen molar-refractivity contribution >= 4 is 34.0 Å². The molecule has 134 valence electrons. The maximum absolute atomic E-state index is 12.6. The quantitative estimate of drug-likeness (QED) is 0.900. The van der Waals surface area contributed by atoms with E-state index in [1.807, 2.05) is 6.07 Å². The number of carbonyl (C=O) groups excluding carboxylic acids is 2. The molecule has 3 aliphatic rings. The van der Waals surface area contributed by atoms with E-state index in [4.69, 9.17) is 0 Å². The Hall–Kier alpha value is -2.28. The van der Waals surface area contributed by atoms with E-state index in [1.54, 1.807) is 4.90 Å². The Morgan fingerprint density at radius 1 is 1.19 bits per heavy atom. The van der Waals surface area contributed by atoms with Gasteiger partial charge in [0.25, 0.3) is 0 Å². The molecular weight excluding hydrogens is 348 g/mol. The molecule has 0 radical (unpaired) electrons. The molecule has 2 aliphatic carbocycles. The molecule has 1 aliphatic heterocycles. The van der Waals surface area contributed by atoms with Gasteiger partial charge < -0.3 is 10.2 Å². The van der Waals surface area contributed by atoms with Gasteiger partial charge >= 0.3 is 0 Å². The van der Waals surface area contributed by atoms with Crippen molar-refractivity contribution in [1.82, 2.24) is 10.2 Å². The standard InChI is InChI=1S/C19H20N4O2S/c24-16-9-14(17(25)20-19-22-21-18(26-19)12-4-5-12)10-23(16)15-7-6-11-2-1-3-13(11)8-15/h6-8,12,14H,1-5,9-10H2,(H,20,22,25)/t14-/m0/s1. The fraction of sp³-hybridized carbons (Fsp3) is 0.474. The van der Waals surface area contributed by atoms with Crippen molar-refractivity contribution in [2.75, 3.05) is 16.8 Å². The summed E-state index contributed by atoms with van der Waals surface area (Å²) >= 11 is 1.45. The summed E-state index contributed by atoms with van der Waals surface area (Å²) in [5.41, 5.74) is 3.64. The number of benzene rings is 1. The van der Waals surface area contributed by atoms with Crippen LogP contribution in [0.15, 0.2) is 18.2 Å². The van der Waals surface area contributed by atoms with Crippen molar-refractivity contribution in [3.63, 3.8) is 0 Å². The third-order valence-electron chi connectivity index (χ3n) is 5.49. The van der Waals surface area contributed by atoms with Gasteiger partial charge in [0.1, 0.15) is 5.01 Å². The number of hydrogen-bond acceptors (Lipinski definition) is 5. The lowest BCUT2D eigenvalue weighted by Gasteiger charge is -2.17. The smallest absolute Gasteiger partial charge is 0.231 e. The molecule has 0 unspecified atom stereocenters. The first kappa shape index (κ1) is 15.9. The number of nitrogens with zero attached hydrogens (tertiary/aromatic N) is 3. The fourth-order valence-corrected chi connectivity index (χ4v) is 4.76. The van der Waals surface area contributed by atoms with E-state index in [0.717, 1.165) is 36.4 Å². The minimum absolute atomic E-state index is 0.0130. The predicted octanol–water partition coefficient (Wildman–Crippen LogP) is 2.90. The maximum Gasteiger partial charge on any atom is 0.231 e. The van der Waals surface area contributed by atoms with E-state index in [1.165, 1.54) is 28.9 Å². The SMILES string of the molecule is O=C(Nc1nnc(C2CC2)s1)[C@H]1CC(=O)N(c2ccc3c(c2)CCC3)C1. The molecule has 5 rings (SSSR count). The zero-order chi connectivity index (χ0) is 17.7. The number of aromatic nitrogens is 2. The molecule has 2 fully saturated rings. The molecule has 2 aromatic rings. The highest BCUT2D eigenvalue weighted by atomic mass is 32.1. The first-order valence-electron chi connectivity index (χ1n) is 9.24. The average Bonchev–Trinajstić information content (AvgIpc) is 3.05. The molecule has 26 heavy (non-hydrogen) atoms. The molecule has 1 aromatic heterocycles. The Labute approximate surface area is 155 Å². The number of aryl methyl sites for hydroxylation is 2. The zero-order valence-corrected chi connectivity index (χ0v) is 15.2. The molecule has 0 bridgehead atoms. The Morgan fingerprint density at radius 2 is 2.04 bits per heavy atom. The van der Waals surface area contributed by atoms with Crippen LogP contribution < -0.4 is 10.2 Å². The number of anilines is 2. The highest BCUT2D eigenvalue weighted by molar-refractivity contribution is 7.15. The van der Waals surface area contributed by atoms with E-state index in [9.17, 15) is 9.59 Å². The third-order valence-corrected chi connectivity index (χ3v) is 6.49. The van der Waals surface area contributed by atoms with E-state index in [0.29, 0.717) is 17.6 Å². The second-order valence-corrected chi connectivity index (χ2v) is 8.43. The lowest BCUT2D eigenvalue weighted by molar-refractivity contribution is -0.122. The molecule has 0 spiro atoms. The van der Waals surface area contributed by atoms with Crippen LogP contribution >= 0.6 is 11.3 Å². The Kier molecular flexibility index (Phi) is 3.77. The molecule has 1 saturated heterocycles. The van der Waals surface area contributed by atoms with Crippen LogP contribution in [0.3, 0.4) is 0 Å². The van der Waals surface area contributed by atoms with E-state index >= 15 is 0 Å². The Bertz CT molecular complexity index is 889. The van der Waals surface area contributed by atoms with Crippen molar-refractivity contribution in [2.24, 2.45) is 5.92 Å². The van der Waals surface area contributed by atoms with Crippen LogP contribution in [0.4, 0.5) is 10.8 Å². The van der Waals surface area contributed by atoms with Crippen molar-refractivity contribution < 1.29 is 9.59 Å². The van der Waals surface area contributed by atoms with Gasteiger partial charge in [0, 0.05) is 24.6 Å². The molecule has 1 N–H and O–H groups in total. The van der Waals surface area contributed by atoms with Crippen molar-refractivity contribution in [1.29, 1.82) is 0 Å². The van der Waals surface area contributed by atoms with Gasteiger partial charge in [-0.1, -0.05) is 17.4 Å². The van der Waals surface area contributed by atoms with E-state index < -0.39 is 0 Å². The van der Waals surface area contributed by atoms with Crippen LogP contribution in [-0.4, -0.2) is 28.6 Å².